The number of fused-ring (bicyclic) bond motifs is 1. The molecule has 0 saturated carbocycles. The normalized spacial score (nSPS) is 13.4. The van der Waals surface area contributed by atoms with Crippen LogP contribution in [0.25, 0.3) is 11.3 Å². The summed E-state index contributed by atoms with van der Waals surface area (Å²) in [7, 11) is 0. The number of benzene rings is 1. The molecule has 0 saturated heterocycles. The molecular formula is C15H13NO2. The van der Waals surface area contributed by atoms with Crippen LogP contribution in [0.15, 0.2) is 36.4 Å². The standard InChI is InChI=1S/C15H13NO2/c1-10(17)14-7-12-8-18-9-13(12)15(16-14)11-5-3-2-4-6-11/h2-7H,8-9H2,1H3. The van der Waals surface area contributed by atoms with Gasteiger partial charge in [-0.15, -0.1) is 0 Å². The quantitative estimate of drug-likeness (QED) is 0.756. The zero-order valence-corrected chi connectivity index (χ0v) is 10.1. The van der Waals surface area contributed by atoms with Crippen LogP contribution >= 0.6 is 0 Å². The van der Waals surface area contributed by atoms with Crippen LogP contribution < -0.4 is 0 Å². The van der Waals surface area contributed by atoms with Crippen LogP contribution in [0.4, 0.5) is 0 Å². The fourth-order valence-electron chi connectivity index (χ4n) is 2.19. The van der Waals surface area contributed by atoms with Crippen molar-refractivity contribution >= 4 is 5.78 Å². The maximum absolute atomic E-state index is 11.5. The molecule has 1 aromatic carbocycles. The molecule has 3 nitrogen and oxygen atoms in total. The van der Waals surface area contributed by atoms with Crippen molar-refractivity contribution in [3.05, 3.63) is 53.2 Å². The minimum Gasteiger partial charge on any atom is -0.372 e. The zero-order valence-electron chi connectivity index (χ0n) is 10.1. The van der Waals surface area contributed by atoms with E-state index in [0.29, 0.717) is 18.9 Å². The summed E-state index contributed by atoms with van der Waals surface area (Å²) >= 11 is 0. The average Bonchev–Trinajstić information content (AvgIpc) is 2.86. The molecule has 0 bridgehead atoms. The Bertz CT molecular complexity index is 605. The molecule has 18 heavy (non-hydrogen) atoms. The number of aromatic nitrogens is 1. The Kier molecular flexibility index (Phi) is 2.68. The fourth-order valence-corrected chi connectivity index (χ4v) is 2.19. The third-order valence-corrected chi connectivity index (χ3v) is 3.13. The number of nitrogens with zero attached hydrogens (tertiary/aromatic N) is 1. The van der Waals surface area contributed by atoms with Crippen molar-refractivity contribution in [1.82, 2.24) is 4.98 Å². The molecule has 90 valence electrons. The smallest absolute Gasteiger partial charge is 0.178 e. The Morgan fingerprint density at radius 2 is 2.00 bits per heavy atom. The first kappa shape index (κ1) is 11.1. The molecular weight excluding hydrogens is 226 g/mol. The molecule has 1 aliphatic rings. The minimum atomic E-state index is -0.0121. The topological polar surface area (TPSA) is 39.2 Å². The van der Waals surface area contributed by atoms with E-state index < -0.39 is 0 Å². The lowest BCUT2D eigenvalue weighted by atomic mass is 10.0. The highest BCUT2D eigenvalue weighted by molar-refractivity contribution is 5.93. The molecule has 2 heterocycles. The molecule has 3 rings (SSSR count). The van der Waals surface area contributed by atoms with E-state index in [1.54, 1.807) is 6.92 Å². The van der Waals surface area contributed by atoms with Crippen molar-refractivity contribution in [2.75, 3.05) is 0 Å². The summed E-state index contributed by atoms with van der Waals surface area (Å²) in [6.45, 7) is 2.68. The molecule has 0 unspecified atom stereocenters. The van der Waals surface area contributed by atoms with Crippen molar-refractivity contribution in [3.8, 4) is 11.3 Å². The van der Waals surface area contributed by atoms with E-state index in [2.05, 4.69) is 4.98 Å². The van der Waals surface area contributed by atoms with Gasteiger partial charge in [0.15, 0.2) is 5.78 Å². The lowest BCUT2D eigenvalue weighted by molar-refractivity contribution is 0.101. The number of carbonyl (C=O) groups excluding carboxylic acids is 1. The number of pyridine rings is 1. The number of Topliss-reactive ketones (excluding diaryl/α,β-unsaturated/α-hetero) is 1. The number of carbonyl (C=O) groups is 1. The summed E-state index contributed by atoms with van der Waals surface area (Å²) in [6.07, 6.45) is 0. The summed E-state index contributed by atoms with van der Waals surface area (Å²) in [4.78, 5) is 16.0. The third-order valence-electron chi connectivity index (χ3n) is 3.13. The van der Waals surface area contributed by atoms with Crippen LogP contribution in [0.3, 0.4) is 0 Å². The average molecular weight is 239 g/mol. The Morgan fingerprint density at radius 3 is 2.72 bits per heavy atom. The summed E-state index contributed by atoms with van der Waals surface area (Å²) in [5.41, 5.74) is 4.59. The number of ether oxygens (including phenoxy) is 1. The Labute approximate surface area is 105 Å². The van der Waals surface area contributed by atoms with Crippen LogP contribution in [-0.2, 0) is 18.0 Å². The minimum absolute atomic E-state index is 0.0121. The van der Waals surface area contributed by atoms with E-state index in [-0.39, 0.29) is 5.78 Å². The number of ketones is 1. The Morgan fingerprint density at radius 1 is 1.22 bits per heavy atom. The number of rotatable bonds is 2. The van der Waals surface area contributed by atoms with Gasteiger partial charge in [0.2, 0.25) is 0 Å². The summed E-state index contributed by atoms with van der Waals surface area (Å²) in [5, 5.41) is 0. The van der Waals surface area contributed by atoms with Gasteiger partial charge < -0.3 is 4.74 Å². The molecule has 0 radical (unpaired) electrons. The largest absolute Gasteiger partial charge is 0.372 e. The van der Waals surface area contributed by atoms with E-state index in [9.17, 15) is 4.79 Å². The van der Waals surface area contributed by atoms with Gasteiger partial charge in [-0.05, 0) is 11.6 Å². The zero-order chi connectivity index (χ0) is 12.5. The van der Waals surface area contributed by atoms with Gasteiger partial charge in [-0.25, -0.2) is 4.98 Å². The van der Waals surface area contributed by atoms with Gasteiger partial charge in [0.05, 0.1) is 18.9 Å². The van der Waals surface area contributed by atoms with Crippen LogP contribution in [0.2, 0.25) is 0 Å². The molecule has 0 fully saturated rings. The number of hydrogen-bond donors (Lipinski definition) is 0. The highest BCUT2D eigenvalue weighted by Gasteiger charge is 2.20. The van der Waals surface area contributed by atoms with E-state index >= 15 is 0 Å². The van der Waals surface area contributed by atoms with Crippen LogP contribution in [0.1, 0.15) is 28.5 Å². The van der Waals surface area contributed by atoms with Crippen molar-refractivity contribution in [1.29, 1.82) is 0 Å². The lowest BCUT2D eigenvalue weighted by Gasteiger charge is -2.08. The van der Waals surface area contributed by atoms with Crippen molar-refractivity contribution in [2.45, 2.75) is 20.1 Å². The van der Waals surface area contributed by atoms with E-state index in [1.807, 2.05) is 36.4 Å². The molecule has 1 aromatic heterocycles. The Balaban J connectivity index is 2.22. The predicted molar refractivity (Wildman–Crippen MR) is 68.2 cm³/mol. The van der Waals surface area contributed by atoms with Gasteiger partial charge in [-0.2, -0.15) is 0 Å². The molecule has 0 atom stereocenters. The second kappa shape index (κ2) is 4.35. The van der Waals surface area contributed by atoms with Gasteiger partial charge in [-0.3, -0.25) is 4.79 Å². The summed E-state index contributed by atoms with van der Waals surface area (Å²) < 4.78 is 5.46. The molecule has 0 amide bonds. The van der Waals surface area contributed by atoms with Gasteiger partial charge >= 0.3 is 0 Å². The fraction of sp³-hybridized carbons (Fsp3) is 0.200. The first-order valence-corrected chi connectivity index (χ1v) is 5.92. The van der Waals surface area contributed by atoms with Crippen LogP contribution in [0, 0.1) is 0 Å². The molecule has 3 heteroatoms. The van der Waals surface area contributed by atoms with Crippen LogP contribution in [-0.4, -0.2) is 10.8 Å². The van der Waals surface area contributed by atoms with Crippen molar-refractivity contribution in [3.63, 3.8) is 0 Å². The highest BCUT2D eigenvalue weighted by Crippen LogP contribution is 2.30. The number of hydrogen-bond acceptors (Lipinski definition) is 3. The van der Waals surface area contributed by atoms with Gasteiger partial charge in [0, 0.05) is 18.1 Å². The van der Waals surface area contributed by atoms with E-state index in [0.717, 1.165) is 22.4 Å². The lowest BCUT2D eigenvalue weighted by Crippen LogP contribution is -2.02. The van der Waals surface area contributed by atoms with Gasteiger partial charge in [0.25, 0.3) is 0 Å². The summed E-state index contributed by atoms with van der Waals surface area (Å²) in [6, 6.07) is 11.8. The monoisotopic (exact) mass is 239 g/mol. The van der Waals surface area contributed by atoms with E-state index in [1.165, 1.54) is 0 Å². The molecule has 0 N–H and O–H groups in total. The molecule has 0 spiro atoms. The maximum Gasteiger partial charge on any atom is 0.178 e. The van der Waals surface area contributed by atoms with Crippen molar-refractivity contribution < 1.29 is 9.53 Å². The molecule has 1 aliphatic heterocycles. The third kappa shape index (κ3) is 1.83. The maximum atomic E-state index is 11.5. The van der Waals surface area contributed by atoms with Crippen molar-refractivity contribution in [2.24, 2.45) is 0 Å². The van der Waals surface area contributed by atoms with Gasteiger partial charge in [0.1, 0.15) is 5.69 Å². The SMILES string of the molecule is CC(=O)c1cc2c(c(-c3ccccc3)n1)COC2. The first-order chi connectivity index (χ1) is 8.75. The summed E-state index contributed by atoms with van der Waals surface area (Å²) in [5.74, 6) is -0.0121. The highest BCUT2D eigenvalue weighted by atomic mass is 16.5. The molecule has 0 aliphatic carbocycles. The predicted octanol–water partition coefficient (Wildman–Crippen LogP) is 2.98. The van der Waals surface area contributed by atoms with Crippen LogP contribution in [0.5, 0.6) is 0 Å². The second-order valence-corrected chi connectivity index (χ2v) is 4.41. The molecule has 2 aromatic rings. The first-order valence-electron chi connectivity index (χ1n) is 5.92. The van der Waals surface area contributed by atoms with E-state index in [4.69, 9.17) is 4.74 Å². The Hall–Kier alpha value is -2.00. The second-order valence-electron chi connectivity index (χ2n) is 4.41. The van der Waals surface area contributed by atoms with Gasteiger partial charge in [-0.1, -0.05) is 30.3 Å².